The zero-order valence-electron chi connectivity index (χ0n) is 14.3. The maximum atomic E-state index is 2.37. The molecule has 0 aliphatic heterocycles. The first kappa shape index (κ1) is 15.3. The summed E-state index contributed by atoms with van der Waals surface area (Å²) < 4.78 is 1.46. The average Bonchev–Trinajstić information content (AvgIpc) is 2.97. The fraction of sp³-hybridized carbons (Fsp3) is 0.273. The SMILES string of the molecule is CC1=C(C)[CH]([Zr][CH]2C(C)=C(C)c3ccccc32)c2ccccc21. The molecule has 0 radical (unpaired) electrons. The zero-order valence-corrected chi connectivity index (χ0v) is 16.7. The molecular weight excluding hydrogens is 355 g/mol. The molecule has 2 aliphatic carbocycles. The van der Waals surface area contributed by atoms with E-state index >= 15 is 0 Å². The molecule has 0 heterocycles. The quantitative estimate of drug-likeness (QED) is 0.587. The summed E-state index contributed by atoms with van der Waals surface area (Å²) in [5.41, 5.74) is 12.5. The molecule has 0 saturated carbocycles. The van der Waals surface area contributed by atoms with Crippen LogP contribution in [0.25, 0.3) is 11.1 Å². The van der Waals surface area contributed by atoms with Crippen LogP contribution in [0.1, 0.15) is 57.2 Å². The van der Waals surface area contributed by atoms with Crippen LogP contribution in [0.3, 0.4) is 0 Å². The van der Waals surface area contributed by atoms with E-state index in [-0.39, 0.29) is 0 Å². The zero-order chi connectivity index (χ0) is 16.1. The Bertz CT molecular complexity index is 782. The molecule has 0 N–H and O–H groups in total. The van der Waals surface area contributed by atoms with Crippen molar-refractivity contribution < 1.29 is 23.2 Å². The Labute approximate surface area is 150 Å². The molecule has 4 rings (SSSR count). The van der Waals surface area contributed by atoms with Gasteiger partial charge in [-0.05, 0) is 0 Å². The van der Waals surface area contributed by atoms with E-state index in [0.29, 0.717) is 0 Å². The number of rotatable bonds is 2. The fourth-order valence-corrected chi connectivity index (χ4v) is 9.33. The van der Waals surface area contributed by atoms with Crippen molar-refractivity contribution in [1.29, 1.82) is 0 Å². The van der Waals surface area contributed by atoms with Crippen molar-refractivity contribution >= 4 is 11.1 Å². The second kappa shape index (κ2) is 5.71. The predicted octanol–water partition coefficient (Wildman–Crippen LogP) is 6.17. The normalized spacial score (nSPS) is 22.4. The molecule has 2 unspecified atom stereocenters. The molecule has 0 nitrogen and oxygen atoms in total. The van der Waals surface area contributed by atoms with Crippen molar-refractivity contribution in [3.05, 3.63) is 81.9 Å². The summed E-state index contributed by atoms with van der Waals surface area (Å²) in [5, 5.41) is 0. The Kier molecular flexibility index (Phi) is 3.81. The third-order valence-corrected chi connectivity index (χ3v) is 11.0. The minimum absolute atomic E-state index is 0.668. The van der Waals surface area contributed by atoms with Crippen molar-refractivity contribution in [3.8, 4) is 0 Å². The van der Waals surface area contributed by atoms with Crippen LogP contribution in [0.2, 0.25) is 0 Å². The molecule has 0 saturated heterocycles. The molecule has 23 heavy (non-hydrogen) atoms. The third kappa shape index (κ3) is 2.28. The molecule has 0 amide bonds. The number of hydrogen-bond donors (Lipinski definition) is 0. The van der Waals surface area contributed by atoms with Gasteiger partial charge in [-0.25, -0.2) is 0 Å². The van der Waals surface area contributed by atoms with Gasteiger partial charge in [-0.15, -0.1) is 0 Å². The number of allylic oxidation sites excluding steroid dienone is 4. The number of benzene rings is 2. The summed E-state index contributed by atoms with van der Waals surface area (Å²) in [6.45, 7) is 9.36. The molecule has 0 bridgehead atoms. The summed E-state index contributed by atoms with van der Waals surface area (Å²) >= 11 is -0.668. The van der Waals surface area contributed by atoms with Crippen molar-refractivity contribution in [2.45, 2.75) is 34.9 Å². The van der Waals surface area contributed by atoms with Gasteiger partial charge in [-0.3, -0.25) is 0 Å². The molecule has 114 valence electrons. The molecule has 2 aromatic carbocycles. The van der Waals surface area contributed by atoms with Crippen LogP contribution < -0.4 is 0 Å². The first-order chi connectivity index (χ1) is 11.1. The van der Waals surface area contributed by atoms with E-state index in [1.54, 1.807) is 22.3 Å². The number of hydrogen-bond acceptors (Lipinski definition) is 0. The van der Waals surface area contributed by atoms with E-state index in [1.165, 1.54) is 22.3 Å². The van der Waals surface area contributed by atoms with Gasteiger partial charge in [0.15, 0.2) is 0 Å². The Morgan fingerprint density at radius 2 is 1.00 bits per heavy atom. The Morgan fingerprint density at radius 3 is 1.43 bits per heavy atom. The van der Waals surface area contributed by atoms with Crippen LogP contribution >= 0.6 is 0 Å². The predicted molar refractivity (Wildman–Crippen MR) is 94.9 cm³/mol. The van der Waals surface area contributed by atoms with Gasteiger partial charge in [0.1, 0.15) is 0 Å². The van der Waals surface area contributed by atoms with Gasteiger partial charge < -0.3 is 0 Å². The van der Waals surface area contributed by atoms with Crippen LogP contribution in [-0.2, 0) is 23.2 Å². The van der Waals surface area contributed by atoms with E-state index in [9.17, 15) is 0 Å². The van der Waals surface area contributed by atoms with Crippen molar-refractivity contribution in [2.24, 2.45) is 0 Å². The molecule has 2 aromatic rings. The Balaban J connectivity index is 1.75. The van der Waals surface area contributed by atoms with Crippen molar-refractivity contribution in [1.82, 2.24) is 0 Å². The van der Waals surface area contributed by atoms with Crippen molar-refractivity contribution in [3.63, 3.8) is 0 Å². The van der Waals surface area contributed by atoms with Gasteiger partial charge in [-0.2, -0.15) is 0 Å². The van der Waals surface area contributed by atoms with Crippen LogP contribution in [0.15, 0.2) is 59.7 Å². The van der Waals surface area contributed by atoms with Gasteiger partial charge in [-0.1, -0.05) is 0 Å². The fourth-order valence-electron chi connectivity index (χ4n) is 4.10. The Hall–Kier alpha value is -1.20. The monoisotopic (exact) mass is 376 g/mol. The molecule has 0 aromatic heterocycles. The van der Waals surface area contributed by atoms with Crippen LogP contribution in [0.4, 0.5) is 0 Å². The van der Waals surface area contributed by atoms with Crippen LogP contribution in [0.5, 0.6) is 0 Å². The number of fused-ring (bicyclic) bond motifs is 2. The third-order valence-electron chi connectivity index (χ3n) is 5.73. The first-order valence-electron chi connectivity index (χ1n) is 8.39. The molecule has 0 spiro atoms. The molecule has 0 fully saturated rings. The summed E-state index contributed by atoms with van der Waals surface area (Å²) in [4.78, 5) is 0. The molecule has 2 atom stereocenters. The van der Waals surface area contributed by atoms with E-state index in [2.05, 4.69) is 76.2 Å². The molecule has 2 aliphatic rings. The molecule has 1 heteroatoms. The van der Waals surface area contributed by atoms with E-state index in [4.69, 9.17) is 0 Å². The van der Waals surface area contributed by atoms with E-state index < -0.39 is 23.2 Å². The maximum absolute atomic E-state index is 2.37. The van der Waals surface area contributed by atoms with Gasteiger partial charge in [0, 0.05) is 0 Å². The van der Waals surface area contributed by atoms with Gasteiger partial charge in [0.25, 0.3) is 0 Å². The summed E-state index contributed by atoms with van der Waals surface area (Å²) in [6.07, 6.45) is 0. The van der Waals surface area contributed by atoms with Gasteiger partial charge in [0.2, 0.25) is 0 Å². The summed E-state index contributed by atoms with van der Waals surface area (Å²) in [7, 11) is 0. The first-order valence-corrected chi connectivity index (χ1v) is 11.2. The standard InChI is InChI=1S/2C11H11.Zr/c2*1-8-7-10-5-3-4-6-11(10)9(8)2;/h2*3-7H,1-2H3;. The van der Waals surface area contributed by atoms with Crippen molar-refractivity contribution in [2.75, 3.05) is 0 Å². The molecular formula is C22H22Zr. The summed E-state index contributed by atoms with van der Waals surface area (Å²) in [6, 6.07) is 18.2. The van der Waals surface area contributed by atoms with E-state index in [0.717, 1.165) is 7.25 Å². The van der Waals surface area contributed by atoms with E-state index in [1.807, 2.05) is 0 Å². The second-order valence-corrected chi connectivity index (χ2v) is 10.5. The topological polar surface area (TPSA) is 0 Å². The summed E-state index contributed by atoms with van der Waals surface area (Å²) in [5.74, 6) is 0. The van der Waals surface area contributed by atoms with Crippen LogP contribution in [-0.4, -0.2) is 0 Å². The van der Waals surface area contributed by atoms with Gasteiger partial charge >= 0.3 is 151 Å². The van der Waals surface area contributed by atoms with Crippen LogP contribution in [0, 0.1) is 0 Å². The minimum atomic E-state index is -0.668. The Morgan fingerprint density at radius 1 is 0.609 bits per heavy atom. The van der Waals surface area contributed by atoms with Gasteiger partial charge in [0.05, 0.1) is 0 Å². The average molecular weight is 378 g/mol. The second-order valence-electron chi connectivity index (χ2n) is 6.82.